The van der Waals surface area contributed by atoms with Gasteiger partial charge in [0.25, 0.3) is 5.91 Å². The highest BCUT2D eigenvalue weighted by Gasteiger charge is 2.11. The van der Waals surface area contributed by atoms with Crippen LogP contribution in [0.3, 0.4) is 0 Å². The number of carbonyl (C=O) groups excluding carboxylic acids is 1. The van der Waals surface area contributed by atoms with E-state index in [1.165, 1.54) is 5.69 Å². The Bertz CT molecular complexity index is 861. The Morgan fingerprint density at radius 1 is 1.24 bits per heavy atom. The molecule has 1 heterocycles. The molecule has 1 saturated heterocycles. The number of rotatable bonds is 7. The molecule has 2 aromatic rings. The number of hydrazone groups is 1. The van der Waals surface area contributed by atoms with Crippen LogP contribution in [0.5, 0.6) is 5.75 Å². The summed E-state index contributed by atoms with van der Waals surface area (Å²) in [7, 11) is 3.91. The van der Waals surface area contributed by atoms with E-state index < -0.39 is 0 Å². The third-order valence-electron chi connectivity index (χ3n) is 4.73. The number of amides is 1. The molecule has 1 aliphatic rings. The Kier molecular flexibility index (Phi) is 7.08. The van der Waals surface area contributed by atoms with Gasteiger partial charge in [-0.3, -0.25) is 4.79 Å². The van der Waals surface area contributed by atoms with Crippen molar-refractivity contribution in [2.45, 2.75) is 6.92 Å². The average Bonchev–Trinajstić information content (AvgIpc) is 2.74. The molecule has 2 aromatic carbocycles. The van der Waals surface area contributed by atoms with E-state index in [2.05, 4.69) is 27.6 Å². The second-order valence-electron chi connectivity index (χ2n) is 7.11. The van der Waals surface area contributed by atoms with Crippen LogP contribution in [0.15, 0.2) is 47.6 Å². The lowest BCUT2D eigenvalue weighted by Gasteiger charge is -2.29. The number of ether oxygens (including phenoxy) is 2. The molecule has 3 rings (SSSR count). The maximum Gasteiger partial charge on any atom is 0.277 e. The van der Waals surface area contributed by atoms with Crippen LogP contribution in [0, 0.1) is 6.92 Å². The van der Waals surface area contributed by atoms with Crippen molar-refractivity contribution in [3.8, 4) is 5.75 Å². The number of nitrogens with one attached hydrogen (secondary N) is 1. The maximum atomic E-state index is 12.0. The van der Waals surface area contributed by atoms with Crippen LogP contribution in [-0.2, 0) is 9.53 Å². The summed E-state index contributed by atoms with van der Waals surface area (Å²) in [5.74, 6) is 0.337. The molecular formula is C22H28N4O3. The molecule has 0 atom stereocenters. The fraction of sp³-hybridized carbons (Fsp3) is 0.364. The van der Waals surface area contributed by atoms with Crippen molar-refractivity contribution in [1.29, 1.82) is 0 Å². The SMILES string of the molecule is Cc1cc(N2CCOCC2)ccc1/C=N/NC(=O)COc1cccc(N(C)C)c1. The van der Waals surface area contributed by atoms with Gasteiger partial charge in [0.2, 0.25) is 0 Å². The van der Waals surface area contributed by atoms with Crippen molar-refractivity contribution in [2.24, 2.45) is 5.10 Å². The molecule has 0 radical (unpaired) electrons. The number of hydrogen-bond donors (Lipinski definition) is 1. The fourth-order valence-corrected chi connectivity index (χ4v) is 3.03. The monoisotopic (exact) mass is 396 g/mol. The summed E-state index contributed by atoms with van der Waals surface area (Å²) in [5.41, 5.74) is 6.76. The van der Waals surface area contributed by atoms with Gasteiger partial charge in [0, 0.05) is 44.6 Å². The van der Waals surface area contributed by atoms with Gasteiger partial charge in [-0.05, 0) is 42.3 Å². The van der Waals surface area contributed by atoms with Crippen LogP contribution < -0.4 is 20.0 Å². The highest BCUT2D eigenvalue weighted by Crippen LogP contribution is 2.20. The van der Waals surface area contributed by atoms with Crippen molar-refractivity contribution in [1.82, 2.24) is 5.43 Å². The topological polar surface area (TPSA) is 66.4 Å². The number of aryl methyl sites for hydroxylation is 1. The fourth-order valence-electron chi connectivity index (χ4n) is 3.03. The molecule has 29 heavy (non-hydrogen) atoms. The second kappa shape index (κ2) is 9.93. The molecule has 154 valence electrons. The smallest absolute Gasteiger partial charge is 0.277 e. The van der Waals surface area contributed by atoms with Crippen molar-refractivity contribution >= 4 is 23.5 Å². The number of morpholine rings is 1. The summed E-state index contributed by atoms with van der Waals surface area (Å²) >= 11 is 0. The minimum atomic E-state index is -0.306. The number of hydrogen-bond acceptors (Lipinski definition) is 6. The van der Waals surface area contributed by atoms with Gasteiger partial charge >= 0.3 is 0 Å². The predicted molar refractivity (Wildman–Crippen MR) is 116 cm³/mol. The molecule has 7 nitrogen and oxygen atoms in total. The van der Waals surface area contributed by atoms with Gasteiger partial charge in [-0.15, -0.1) is 0 Å². The van der Waals surface area contributed by atoms with E-state index in [9.17, 15) is 4.79 Å². The van der Waals surface area contributed by atoms with Crippen molar-refractivity contribution in [2.75, 3.05) is 56.8 Å². The highest BCUT2D eigenvalue weighted by molar-refractivity contribution is 5.85. The highest BCUT2D eigenvalue weighted by atomic mass is 16.5. The summed E-state index contributed by atoms with van der Waals surface area (Å²) in [6, 6.07) is 13.8. The van der Waals surface area contributed by atoms with Crippen LogP contribution in [0.2, 0.25) is 0 Å². The molecule has 1 aliphatic heterocycles. The van der Waals surface area contributed by atoms with Gasteiger partial charge in [-0.2, -0.15) is 5.10 Å². The zero-order valence-electron chi connectivity index (χ0n) is 17.2. The molecule has 0 bridgehead atoms. The van der Waals surface area contributed by atoms with E-state index in [-0.39, 0.29) is 12.5 Å². The summed E-state index contributed by atoms with van der Waals surface area (Å²) in [6.45, 7) is 5.27. The lowest BCUT2D eigenvalue weighted by molar-refractivity contribution is -0.123. The third-order valence-corrected chi connectivity index (χ3v) is 4.73. The van der Waals surface area contributed by atoms with E-state index in [4.69, 9.17) is 9.47 Å². The van der Waals surface area contributed by atoms with Crippen LogP contribution in [0.4, 0.5) is 11.4 Å². The lowest BCUT2D eigenvalue weighted by atomic mass is 10.1. The van der Waals surface area contributed by atoms with Gasteiger partial charge in [0.15, 0.2) is 6.61 Å². The first-order valence-corrected chi connectivity index (χ1v) is 9.68. The minimum Gasteiger partial charge on any atom is -0.484 e. The summed E-state index contributed by atoms with van der Waals surface area (Å²) < 4.78 is 10.9. The standard InChI is InChI=1S/C22H28N4O3/c1-17-13-20(26-9-11-28-12-10-26)8-7-18(17)15-23-24-22(27)16-29-21-6-4-5-19(14-21)25(2)3/h4-8,13-15H,9-12,16H2,1-3H3,(H,24,27)/b23-15+. The van der Waals surface area contributed by atoms with E-state index in [1.54, 1.807) is 6.21 Å². The van der Waals surface area contributed by atoms with E-state index in [0.29, 0.717) is 5.75 Å². The molecule has 1 fully saturated rings. The quantitative estimate of drug-likeness (QED) is 0.575. The zero-order chi connectivity index (χ0) is 20.6. The predicted octanol–water partition coefficient (Wildman–Crippen LogP) is 2.43. The summed E-state index contributed by atoms with van der Waals surface area (Å²) in [6.07, 6.45) is 1.66. The van der Waals surface area contributed by atoms with Gasteiger partial charge in [0.1, 0.15) is 5.75 Å². The number of anilines is 2. The number of benzene rings is 2. The molecule has 1 N–H and O–H groups in total. The second-order valence-corrected chi connectivity index (χ2v) is 7.11. The largest absolute Gasteiger partial charge is 0.484 e. The number of nitrogens with zero attached hydrogens (tertiary/aromatic N) is 3. The molecule has 0 saturated carbocycles. The van der Waals surface area contributed by atoms with Crippen LogP contribution in [0.1, 0.15) is 11.1 Å². The summed E-state index contributed by atoms with van der Waals surface area (Å²) in [4.78, 5) is 16.3. The number of carbonyl (C=O) groups is 1. The first-order chi connectivity index (χ1) is 14.0. The molecular weight excluding hydrogens is 368 g/mol. The first-order valence-electron chi connectivity index (χ1n) is 9.68. The zero-order valence-corrected chi connectivity index (χ0v) is 17.2. The first kappa shape index (κ1) is 20.7. The van der Waals surface area contributed by atoms with Gasteiger partial charge in [-0.1, -0.05) is 12.1 Å². The molecule has 1 amide bonds. The Labute approximate surface area is 171 Å². The molecule has 0 aliphatic carbocycles. The molecule has 7 heteroatoms. The van der Waals surface area contributed by atoms with Gasteiger partial charge in [0.05, 0.1) is 19.4 Å². The van der Waals surface area contributed by atoms with Gasteiger partial charge < -0.3 is 19.3 Å². The molecule has 0 aromatic heterocycles. The molecule has 0 unspecified atom stereocenters. The van der Waals surface area contributed by atoms with E-state index >= 15 is 0 Å². The van der Waals surface area contributed by atoms with E-state index in [1.807, 2.05) is 56.3 Å². The Morgan fingerprint density at radius 2 is 2.03 bits per heavy atom. The lowest BCUT2D eigenvalue weighted by Crippen LogP contribution is -2.36. The van der Waals surface area contributed by atoms with Crippen LogP contribution in [0.25, 0.3) is 0 Å². The Balaban J connectivity index is 1.50. The minimum absolute atomic E-state index is 0.0941. The average molecular weight is 396 g/mol. The Morgan fingerprint density at radius 3 is 2.76 bits per heavy atom. The van der Waals surface area contributed by atoms with Gasteiger partial charge in [-0.25, -0.2) is 5.43 Å². The van der Waals surface area contributed by atoms with Crippen molar-refractivity contribution in [3.63, 3.8) is 0 Å². The normalized spacial score (nSPS) is 14.1. The summed E-state index contributed by atoms with van der Waals surface area (Å²) in [5, 5.41) is 4.06. The maximum absolute atomic E-state index is 12.0. The van der Waals surface area contributed by atoms with Crippen LogP contribution in [-0.4, -0.2) is 59.1 Å². The third kappa shape index (κ3) is 5.96. The van der Waals surface area contributed by atoms with E-state index in [0.717, 1.165) is 43.1 Å². The van der Waals surface area contributed by atoms with Crippen molar-refractivity contribution in [3.05, 3.63) is 53.6 Å². The Hall–Kier alpha value is -3.06. The van der Waals surface area contributed by atoms with Crippen molar-refractivity contribution < 1.29 is 14.3 Å². The van der Waals surface area contributed by atoms with Crippen LogP contribution >= 0.6 is 0 Å². The molecule has 0 spiro atoms.